The number of ether oxygens (including phenoxy) is 1. The zero-order valence-electron chi connectivity index (χ0n) is 13.2. The SMILES string of the molecule is COC(=O)CCCCN=C(N)Nc1cccc2c1CCCC2. The fraction of sp³-hybridized carbons (Fsp3) is 0.529. The number of benzene rings is 1. The smallest absolute Gasteiger partial charge is 0.305 e. The number of carbonyl (C=O) groups excluding carboxylic acids is 1. The Hall–Kier alpha value is -2.04. The summed E-state index contributed by atoms with van der Waals surface area (Å²) in [6.07, 6.45) is 6.77. The van der Waals surface area contributed by atoms with Crippen molar-refractivity contribution in [1.29, 1.82) is 0 Å². The molecule has 0 aromatic heterocycles. The second-order valence-electron chi connectivity index (χ2n) is 5.58. The number of anilines is 1. The van der Waals surface area contributed by atoms with Gasteiger partial charge in [0.25, 0.3) is 0 Å². The van der Waals surface area contributed by atoms with Crippen molar-refractivity contribution in [2.75, 3.05) is 19.0 Å². The van der Waals surface area contributed by atoms with Crippen LogP contribution in [0.5, 0.6) is 0 Å². The third-order valence-electron chi connectivity index (χ3n) is 3.96. The maximum atomic E-state index is 11.0. The van der Waals surface area contributed by atoms with E-state index < -0.39 is 0 Å². The molecule has 120 valence electrons. The van der Waals surface area contributed by atoms with Gasteiger partial charge in [-0.25, -0.2) is 0 Å². The molecule has 1 aromatic carbocycles. The van der Waals surface area contributed by atoms with Crippen molar-refractivity contribution < 1.29 is 9.53 Å². The molecule has 0 aliphatic heterocycles. The standard InChI is InChI=1S/C17H25N3O2/c1-22-16(21)11-4-5-12-19-17(18)20-15-10-6-8-13-7-2-3-9-14(13)15/h6,8,10H,2-5,7,9,11-12H2,1H3,(H3,18,19,20). The number of nitrogens with one attached hydrogen (secondary N) is 1. The average Bonchev–Trinajstić information content (AvgIpc) is 2.54. The molecule has 0 amide bonds. The van der Waals surface area contributed by atoms with Crippen molar-refractivity contribution in [2.45, 2.75) is 44.9 Å². The summed E-state index contributed by atoms with van der Waals surface area (Å²) in [6.45, 7) is 0.616. The van der Waals surface area contributed by atoms with Gasteiger partial charge in [0.2, 0.25) is 0 Å². The highest BCUT2D eigenvalue weighted by Gasteiger charge is 2.12. The summed E-state index contributed by atoms with van der Waals surface area (Å²) in [6, 6.07) is 6.32. The van der Waals surface area contributed by atoms with Crippen LogP contribution in [0.1, 0.15) is 43.2 Å². The molecular formula is C17H25N3O2. The van der Waals surface area contributed by atoms with E-state index in [-0.39, 0.29) is 5.97 Å². The molecule has 0 bridgehead atoms. The third-order valence-corrected chi connectivity index (χ3v) is 3.96. The van der Waals surface area contributed by atoms with Crippen LogP contribution >= 0.6 is 0 Å². The van der Waals surface area contributed by atoms with E-state index in [4.69, 9.17) is 5.73 Å². The molecule has 1 aliphatic carbocycles. The highest BCUT2D eigenvalue weighted by Crippen LogP contribution is 2.27. The van der Waals surface area contributed by atoms with Crippen LogP contribution < -0.4 is 11.1 Å². The van der Waals surface area contributed by atoms with Gasteiger partial charge in [0.05, 0.1) is 7.11 Å². The van der Waals surface area contributed by atoms with E-state index in [2.05, 4.69) is 33.2 Å². The van der Waals surface area contributed by atoms with Crippen molar-refractivity contribution in [1.82, 2.24) is 0 Å². The van der Waals surface area contributed by atoms with Crippen molar-refractivity contribution in [3.8, 4) is 0 Å². The van der Waals surface area contributed by atoms with Gasteiger partial charge < -0.3 is 15.8 Å². The fourth-order valence-electron chi connectivity index (χ4n) is 2.76. The number of aryl methyl sites for hydroxylation is 1. The monoisotopic (exact) mass is 303 g/mol. The van der Waals surface area contributed by atoms with Gasteiger partial charge in [-0.3, -0.25) is 9.79 Å². The fourth-order valence-corrected chi connectivity index (χ4v) is 2.76. The van der Waals surface area contributed by atoms with Gasteiger partial charge in [0, 0.05) is 18.7 Å². The number of methoxy groups -OCH3 is 1. The zero-order chi connectivity index (χ0) is 15.8. The molecule has 0 fully saturated rings. The average molecular weight is 303 g/mol. The lowest BCUT2D eigenvalue weighted by Gasteiger charge is -2.19. The van der Waals surface area contributed by atoms with E-state index in [0.717, 1.165) is 31.4 Å². The minimum Gasteiger partial charge on any atom is -0.469 e. The van der Waals surface area contributed by atoms with Crippen LogP contribution in [0, 0.1) is 0 Å². The van der Waals surface area contributed by atoms with Gasteiger partial charge in [0.1, 0.15) is 0 Å². The quantitative estimate of drug-likeness (QED) is 0.366. The Morgan fingerprint density at radius 2 is 2.14 bits per heavy atom. The number of aliphatic imine (C=N–C) groups is 1. The summed E-state index contributed by atoms with van der Waals surface area (Å²) in [5.41, 5.74) is 9.82. The Morgan fingerprint density at radius 1 is 1.32 bits per heavy atom. The summed E-state index contributed by atoms with van der Waals surface area (Å²) in [7, 11) is 1.41. The maximum absolute atomic E-state index is 11.0. The molecular weight excluding hydrogens is 278 g/mol. The molecule has 0 saturated heterocycles. The Morgan fingerprint density at radius 3 is 2.95 bits per heavy atom. The van der Waals surface area contributed by atoms with Crippen LogP contribution in [0.4, 0.5) is 5.69 Å². The summed E-state index contributed by atoms with van der Waals surface area (Å²) >= 11 is 0. The molecule has 1 aliphatic rings. The van der Waals surface area contributed by atoms with Gasteiger partial charge in [-0.15, -0.1) is 0 Å². The number of hydrogen-bond donors (Lipinski definition) is 2. The molecule has 0 unspecified atom stereocenters. The van der Waals surface area contributed by atoms with Gasteiger partial charge in [-0.2, -0.15) is 0 Å². The Bertz CT molecular complexity index is 541. The molecule has 1 aromatic rings. The summed E-state index contributed by atoms with van der Waals surface area (Å²) in [5.74, 6) is 0.267. The van der Waals surface area contributed by atoms with E-state index in [1.807, 2.05) is 0 Å². The lowest BCUT2D eigenvalue weighted by Crippen LogP contribution is -2.24. The van der Waals surface area contributed by atoms with E-state index in [1.54, 1.807) is 0 Å². The van der Waals surface area contributed by atoms with Crippen LogP contribution in [-0.2, 0) is 22.4 Å². The van der Waals surface area contributed by atoms with E-state index in [1.165, 1.54) is 31.1 Å². The molecule has 3 N–H and O–H groups in total. The Balaban J connectivity index is 1.83. The minimum atomic E-state index is -0.175. The number of fused-ring (bicyclic) bond motifs is 1. The molecule has 0 spiro atoms. The lowest BCUT2D eigenvalue weighted by atomic mass is 9.90. The van der Waals surface area contributed by atoms with Crippen molar-refractivity contribution in [3.05, 3.63) is 29.3 Å². The number of nitrogens with two attached hydrogens (primary N) is 1. The molecule has 5 heteroatoms. The van der Waals surface area contributed by atoms with Crippen LogP contribution in [0.3, 0.4) is 0 Å². The molecule has 0 saturated carbocycles. The largest absolute Gasteiger partial charge is 0.469 e. The van der Waals surface area contributed by atoms with E-state index in [9.17, 15) is 4.79 Å². The second kappa shape index (κ2) is 8.41. The molecule has 5 nitrogen and oxygen atoms in total. The van der Waals surface area contributed by atoms with Crippen LogP contribution in [0.25, 0.3) is 0 Å². The second-order valence-corrected chi connectivity index (χ2v) is 5.58. The summed E-state index contributed by atoms with van der Waals surface area (Å²) in [5, 5.41) is 3.22. The number of hydrogen-bond acceptors (Lipinski definition) is 3. The van der Waals surface area contributed by atoms with Crippen molar-refractivity contribution >= 4 is 17.6 Å². The van der Waals surface area contributed by atoms with E-state index in [0.29, 0.717) is 18.9 Å². The molecule has 0 atom stereocenters. The van der Waals surface area contributed by atoms with Gasteiger partial charge in [-0.05, 0) is 55.7 Å². The number of nitrogens with zero attached hydrogens (tertiary/aromatic N) is 1. The Labute approximate surface area is 132 Å². The molecule has 0 radical (unpaired) electrons. The number of guanidine groups is 1. The number of rotatable bonds is 6. The lowest BCUT2D eigenvalue weighted by molar-refractivity contribution is -0.140. The number of carbonyl (C=O) groups is 1. The van der Waals surface area contributed by atoms with E-state index >= 15 is 0 Å². The predicted octanol–water partition coefficient (Wildman–Crippen LogP) is 2.64. The highest BCUT2D eigenvalue weighted by molar-refractivity contribution is 5.93. The summed E-state index contributed by atoms with van der Waals surface area (Å²) in [4.78, 5) is 15.3. The van der Waals surface area contributed by atoms with Crippen molar-refractivity contribution in [2.24, 2.45) is 10.7 Å². The van der Waals surface area contributed by atoms with Gasteiger partial charge in [0.15, 0.2) is 5.96 Å². The van der Waals surface area contributed by atoms with Crippen molar-refractivity contribution in [3.63, 3.8) is 0 Å². The first-order valence-corrected chi connectivity index (χ1v) is 7.95. The van der Waals surface area contributed by atoms with Gasteiger partial charge >= 0.3 is 5.97 Å². The number of unbranched alkanes of at least 4 members (excludes halogenated alkanes) is 1. The van der Waals surface area contributed by atoms with Crippen LogP contribution in [-0.4, -0.2) is 25.6 Å². The topological polar surface area (TPSA) is 76.7 Å². The first kappa shape index (κ1) is 16.3. The highest BCUT2D eigenvalue weighted by atomic mass is 16.5. The zero-order valence-corrected chi connectivity index (χ0v) is 13.2. The predicted molar refractivity (Wildman–Crippen MR) is 89.1 cm³/mol. The molecule has 22 heavy (non-hydrogen) atoms. The summed E-state index contributed by atoms with van der Waals surface area (Å²) < 4.78 is 4.60. The molecule has 2 rings (SSSR count). The Kier molecular flexibility index (Phi) is 6.25. The minimum absolute atomic E-state index is 0.175. The number of esters is 1. The molecule has 0 heterocycles. The maximum Gasteiger partial charge on any atom is 0.305 e. The van der Waals surface area contributed by atoms with Crippen LogP contribution in [0.15, 0.2) is 23.2 Å². The van der Waals surface area contributed by atoms with Gasteiger partial charge in [-0.1, -0.05) is 12.1 Å². The third kappa shape index (κ3) is 4.76. The normalized spacial score (nSPS) is 14.3. The van der Waals surface area contributed by atoms with Crippen LogP contribution in [0.2, 0.25) is 0 Å². The first-order valence-electron chi connectivity index (χ1n) is 7.95. The first-order chi connectivity index (χ1) is 10.7.